The molecule has 0 fully saturated rings. The molecule has 0 saturated heterocycles. The molecule has 3 heteroatoms. The van der Waals surface area contributed by atoms with Crippen LogP contribution in [0.25, 0.3) is 0 Å². The summed E-state index contributed by atoms with van der Waals surface area (Å²) in [6, 6.07) is 9.12. The zero-order valence-corrected chi connectivity index (χ0v) is 12.0. The maximum atomic E-state index is 11.9. The number of benzene rings is 1. The number of carbonyl (C=O) groups excluding carboxylic acids is 1. The molecule has 0 spiro atoms. The third-order valence-corrected chi connectivity index (χ3v) is 3.94. The predicted molar refractivity (Wildman–Crippen MR) is 78.2 cm³/mol. The van der Waals surface area contributed by atoms with Crippen molar-refractivity contribution in [3.05, 3.63) is 35.4 Å². The van der Waals surface area contributed by atoms with Gasteiger partial charge >= 0.3 is 0 Å². The number of nitrogens with one attached hydrogen (secondary N) is 1. The van der Waals surface area contributed by atoms with Crippen LogP contribution >= 0.6 is 0 Å². The van der Waals surface area contributed by atoms with Gasteiger partial charge in [0.15, 0.2) is 0 Å². The van der Waals surface area contributed by atoms with Gasteiger partial charge < -0.3 is 10.2 Å². The van der Waals surface area contributed by atoms with Crippen LogP contribution in [0.5, 0.6) is 0 Å². The van der Waals surface area contributed by atoms with Gasteiger partial charge in [-0.05, 0) is 37.8 Å². The second kappa shape index (κ2) is 6.71. The van der Waals surface area contributed by atoms with E-state index in [-0.39, 0.29) is 5.91 Å². The smallest absolute Gasteiger partial charge is 0.223 e. The Hall–Kier alpha value is -1.35. The lowest BCUT2D eigenvalue weighted by atomic mass is 10.1. The molecule has 1 amide bonds. The van der Waals surface area contributed by atoms with Crippen LogP contribution in [-0.4, -0.2) is 36.5 Å². The molecule has 104 valence electrons. The van der Waals surface area contributed by atoms with Crippen LogP contribution in [0.2, 0.25) is 0 Å². The largest absolute Gasteiger partial charge is 0.343 e. The van der Waals surface area contributed by atoms with E-state index in [9.17, 15) is 4.79 Å². The lowest BCUT2D eigenvalue weighted by Gasteiger charge is -2.19. The Balaban J connectivity index is 1.72. The molecule has 2 rings (SSSR count). The van der Waals surface area contributed by atoms with Gasteiger partial charge in [0, 0.05) is 32.1 Å². The molecule has 0 heterocycles. The fraction of sp³-hybridized carbons (Fsp3) is 0.562. The predicted octanol–water partition coefficient (Wildman–Crippen LogP) is 2.00. The first-order valence-corrected chi connectivity index (χ1v) is 7.32. The van der Waals surface area contributed by atoms with Gasteiger partial charge in [0.25, 0.3) is 0 Å². The van der Waals surface area contributed by atoms with Crippen LogP contribution < -0.4 is 5.32 Å². The summed E-state index contributed by atoms with van der Waals surface area (Å²) in [6.07, 6.45) is 2.79. The van der Waals surface area contributed by atoms with Gasteiger partial charge in [0.1, 0.15) is 0 Å². The number of amides is 1. The summed E-state index contributed by atoms with van der Waals surface area (Å²) < 4.78 is 0. The van der Waals surface area contributed by atoms with E-state index in [4.69, 9.17) is 0 Å². The van der Waals surface area contributed by atoms with Crippen molar-refractivity contribution in [1.29, 1.82) is 0 Å². The number of fused-ring (bicyclic) bond motifs is 1. The maximum absolute atomic E-state index is 11.9. The summed E-state index contributed by atoms with van der Waals surface area (Å²) in [5, 5.41) is 3.51. The van der Waals surface area contributed by atoms with Crippen LogP contribution in [0.3, 0.4) is 0 Å². The molecule has 0 aromatic heterocycles. The molecular formula is C16H24N2O. The van der Waals surface area contributed by atoms with Crippen LogP contribution in [0.15, 0.2) is 24.3 Å². The van der Waals surface area contributed by atoms with E-state index in [0.29, 0.717) is 12.5 Å². The third kappa shape index (κ3) is 3.57. The molecule has 0 unspecified atom stereocenters. The minimum atomic E-state index is 0.257. The van der Waals surface area contributed by atoms with E-state index in [0.717, 1.165) is 32.5 Å². The maximum Gasteiger partial charge on any atom is 0.223 e. The Labute approximate surface area is 116 Å². The van der Waals surface area contributed by atoms with E-state index < -0.39 is 0 Å². The van der Waals surface area contributed by atoms with Crippen LogP contribution in [-0.2, 0) is 17.6 Å². The zero-order chi connectivity index (χ0) is 13.7. The van der Waals surface area contributed by atoms with Crippen molar-refractivity contribution in [3.8, 4) is 0 Å². The minimum Gasteiger partial charge on any atom is -0.343 e. The Kier molecular flexibility index (Phi) is 4.97. The molecule has 3 nitrogen and oxygen atoms in total. The van der Waals surface area contributed by atoms with Gasteiger partial charge in [-0.1, -0.05) is 24.3 Å². The normalized spacial score (nSPS) is 14.4. The monoisotopic (exact) mass is 260 g/mol. The molecule has 1 N–H and O–H groups in total. The number of hydrogen-bond acceptors (Lipinski definition) is 2. The number of carbonyl (C=O) groups is 1. The fourth-order valence-electron chi connectivity index (χ4n) is 2.82. The molecule has 1 aromatic rings. The van der Waals surface area contributed by atoms with Crippen LogP contribution in [0.4, 0.5) is 0 Å². The highest BCUT2D eigenvalue weighted by Gasteiger charge is 2.20. The topological polar surface area (TPSA) is 32.3 Å². The second-order valence-corrected chi connectivity index (χ2v) is 5.14. The number of rotatable bonds is 6. The lowest BCUT2D eigenvalue weighted by molar-refractivity contribution is -0.130. The van der Waals surface area contributed by atoms with Gasteiger partial charge in [-0.15, -0.1) is 0 Å². The highest BCUT2D eigenvalue weighted by atomic mass is 16.2. The average Bonchev–Trinajstić information content (AvgIpc) is 2.82. The highest BCUT2D eigenvalue weighted by molar-refractivity contribution is 5.76. The molecule has 19 heavy (non-hydrogen) atoms. The summed E-state index contributed by atoms with van der Waals surface area (Å²) >= 11 is 0. The van der Waals surface area contributed by atoms with E-state index >= 15 is 0 Å². The van der Waals surface area contributed by atoms with Gasteiger partial charge in [-0.3, -0.25) is 4.79 Å². The minimum absolute atomic E-state index is 0.257. The number of nitrogens with zero attached hydrogens (tertiary/aromatic N) is 1. The Bertz CT molecular complexity index is 402. The molecule has 0 aliphatic heterocycles. The lowest BCUT2D eigenvalue weighted by Crippen LogP contribution is -2.36. The summed E-state index contributed by atoms with van der Waals surface area (Å²) in [5.74, 6) is 0.257. The average molecular weight is 260 g/mol. The standard InChI is InChI=1S/C16H24N2O/c1-3-18(4-2)16(19)9-10-17-15-11-13-7-5-6-8-14(13)12-15/h5-8,15,17H,3-4,9-12H2,1-2H3. The van der Waals surface area contributed by atoms with Crippen LogP contribution in [0, 0.1) is 0 Å². The van der Waals surface area contributed by atoms with Gasteiger partial charge in [0.05, 0.1) is 0 Å². The first-order chi connectivity index (χ1) is 9.24. The second-order valence-electron chi connectivity index (χ2n) is 5.14. The molecule has 0 bridgehead atoms. The van der Waals surface area contributed by atoms with Crippen molar-refractivity contribution in [1.82, 2.24) is 10.2 Å². The van der Waals surface area contributed by atoms with Crippen molar-refractivity contribution in [3.63, 3.8) is 0 Å². The van der Waals surface area contributed by atoms with E-state index in [1.165, 1.54) is 11.1 Å². The molecule has 0 saturated carbocycles. The Morgan fingerprint density at radius 1 is 1.21 bits per heavy atom. The summed E-state index contributed by atoms with van der Waals surface area (Å²) in [4.78, 5) is 13.8. The molecule has 1 aromatic carbocycles. The van der Waals surface area contributed by atoms with Crippen molar-refractivity contribution >= 4 is 5.91 Å². The third-order valence-electron chi connectivity index (χ3n) is 3.94. The molecule has 0 radical (unpaired) electrons. The Morgan fingerprint density at radius 3 is 2.32 bits per heavy atom. The summed E-state index contributed by atoms with van der Waals surface area (Å²) in [7, 11) is 0. The van der Waals surface area contributed by atoms with Gasteiger partial charge in [-0.2, -0.15) is 0 Å². The van der Waals surface area contributed by atoms with E-state index in [1.54, 1.807) is 0 Å². The van der Waals surface area contributed by atoms with Crippen molar-refractivity contribution in [2.45, 2.75) is 39.2 Å². The molecule has 1 aliphatic rings. The van der Waals surface area contributed by atoms with Crippen molar-refractivity contribution in [2.24, 2.45) is 0 Å². The summed E-state index contributed by atoms with van der Waals surface area (Å²) in [5.41, 5.74) is 2.91. The fourth-order valence-corrected chi connectivity index (χ4v) is 2.82. The zero-order valence-electron chi connectivity index (χ0n) is 12.0. The molecule has 1 aliphatic carbocycles. The quantitative estimate of drug-likeness (QED) is 0.848. The van der Waals surface area contributed by atoms with E-state index in [1.807, 2.05) is 18.7 Å². The van der Waals surface area contributed by atoms with E-state index in [2.05, 4.69) is 29.6 Å². The van der Waals surface area contributed by atoms with Crippen LogP contribution in [0.1, 0.15) is 31.4 Å². The van der Waals surface area contributed by atoms with Gasteiger partial charge in [0.2, 0.25) is 5.91 Å². The first-order valence-electron chi connectivity index (χ1n) is 7.32. The summed E-state index contributed by atoms with van der Waals surface area (Å²) in [6.45, 7) is 6.47. The Morgan fingerprint density at radius 2 is 1.79 bits per heavy atom. The highest BCUT2D eigenvalue weighted by Crippen LogP contribution is 2.21. The number of hydrogen-bond donors (Lipinski definition) is 1. The SMILES string of the molecule is CCN(CC)C(=O)CCNC1Cc2ccccc2C1. The van der Waals surface area contributed by atoms with Gasteiger partial charge in [-0.25, -0.2) is 0 Å². The van der Waals surface area contributed by atoms with Crippen molar-refractivity contribution < 1.29 is 4.79 Å². The first kappa shape index (κ1) is 14.1. The van der Waals surface area contributed by atoms with Crippen molar-refractivity contribution in [2.75, 3.05) is 19.6 Å². The molecule has 0 atom stereocenters. The molecular weight excluding hydrogens is 236 g/mol.